The Kier molecular flexibility index (Phi) is 20.2. The second-order valence-corrected chi connectivity index (χ2v) is 16.2. The fourth-order valence-electron chi connectivity index (χ4n) is 7.74. The Balaban J connectivity index is 1.60. The fourth-order valence-corrected chi connectivity index (χ4v) is 7.74. The summed E-state index contributed by atoms with van der Waals surface area (Å²) in [6.07, 6.45) is 1.67. The molecule has 1 saturated heterocycles. The van der Waals surface area contributed by atoms with Gasteiger partial charge >= 0.3 is 0 Å². The standard InChI is InChI=1S/C44H70N6O9/c1-30-12-33(18-45-39(24-51)25-52)42(57)36(15-30)21-48-6-4-8-49(22-37-16-31(2)13-34(43(37)58)19-46-40(26-53)27-54)10-11-50(9-5-7-48)23-38-17-32(3)14-35(44(38)59)20-47-41(28-55)29-56/h12-17,39-41,45-47,51-59H,4-11,18-29H2,1-3H3. The lowest BCUT2D eigenvalue weighted by Gasteiger charge is -2.28. The molecule has 0 amide bonds. The lowest BCUT2D eigenvalue weighted by molar-refractivity contribution is 0.169. The molecule has 1 heterocycles. The second-order valence-electron chi connectivity index (χ2n) is 16.2. The molecule has 3 aromatic carbocycles. The van der Waals surface area contributed by atoms with Gasteiger partial charge in [0, 0.05) is 85.7 Å². The van der Waals surface area contributed by atoms with Crippen molar-refractivity contribution in [3.05, 3.63) is 86.5 Å². The Morgan fingerprint density at radius 2 is 0.644 bits per heavy atom. The molecule has 1 aliphatic heterocycles. The van der Waals surface area contributed by atoms with Crippen molar-refractivity contribution in [1.82, 2.24) is 30.7 Å². The Hall–Kier alpha value is -3.42. The van der Waals surface area contributed by atoms with Crippen LogP contribution in [0, 0.1) is 20.8 Å². The normalized spacial score (nSPS) is 15.5. The van der Waals surface area contributed by atoms with Crippen LogP contribution >= 0.6 is 0 Å². The second kappa shape index (κ2) is 24.7. The van der Waals surface area contributed by atoms with Crippen molar-refractivity contribution in [3.8, 4) is 17.2 Å². The zero-order valence-electron chi connectivity index (χ0n) is 35.2. The van der Waals surface area contributed by atoms with Gasteiger partial charge in [-0.1, -0.05) is 53.1 Å². The summed E-state index contributed by atoms with van der Waals surface area (Å²) in [5.41, 5.74) is 7.46. The van der Waals surface area contributed by atoms with Crippen molar-refractivity contribution >= 4 is 0 Å². The molecule has 0 spiro atoms. The monoisotopic (exact) mass is 827 g/mol. The van der Waals surface area contributed by atoms with Gasteiger partial charge in [0.05, 0.1) is 57.8 Å². The van der Waals surface area contributed by atoms with E-state index < -0.39 is 18.1 Å². The molecule has 0 unspecified atom stereocenters. The minimum absolute atomic E-state index is 0.186. The van der Waals surface area contributed by atoms with Gasteiger partial charge in [-0.25, -0.2) is 0 Å². The van der Waals surface area contributed by atoms with Gasteiger partial charge in [-0.3, -0.25) is 14.7 Å². The van der Waals surface area contributed by atoms with Crippen molar-refractivity contribution < 1.29 is 46.0 Å². The Morgan fingerprint density at radius 1 is 0.407 bits per heavy atom. The van der Waals surface area contributed by atoms with E-state index in [2.05, 4.69) is 30.7 Å². The quantitative estimate of drug-likeness (QED) is 0.0709. The number of phenolic OH excluding ortho intramolecular Hbond substituents is 3. The van der Waals surface area contributed by atoms with Gasteiger partial charge in [0.2, 0.25) is 0 Å². The average molecular weight is 827 g/mol. The highest BCUT2D eigenvalue weighted by molar-refractivity contribution is 5.45. The first-order valence-corrected chi connectivity index (χ1v) is 20.9. The Labute approximate surface area is 349 Å². The van der Waals surface area contributed by atoms with Crippen molar-refractivity contribution in [1.29, 1.82) is 0 Å². The van der Waals surface area contributed by atoms with E-state index in [-0.39, 0.29) is 56.9 Å². The predicted octanol–water partition coefficient (Wildman–Crippen LogP) is 0.657. The highest BCUT2D eigenvalue weighted by Gasteiger charge is 2.21. The summed E-state index contributed by atoms with van der Waals surface area (Å²) in [6, 6.07) is 10.3. The van der Waals surface area contributed by atoms with Crippen LogP contribution in [0.3, 0.4) is 0 Å². The van der Waals surface area contributed by atoms with Crippen LogP contribution in [0.2, 0.25) is 0 Å². The maximum absolute atomic E-state index is 11.5. The van der Waals surface area contributed by atoms with Crippen LogP contribution in [0.15, 0.2) is 36.4 Å². The van der Waals surface area contributed by atoms with E-state index in [0.717, 1.165) is 72.4 Å². The van der Waals surface area contributed by atoms with Crippen LogP contribution in [0.25, 0.3) is 0 Å². The molecule has 12 N–H and O–H groups in total. The first-order valence-electron chi connectivity index (χ1n) is 20.9. The van der Waals surface area contributed by atoms with E-state index in [1.807, 2.05) is 57.2 Å². The molecule has 15 heteroatoms. The summed E-state index contributed by atoms with van der Waals surface area (Å²) in [5, 5.41) is 101. The van der Waals surface area contributed by atoms with Gasteiger partial charge in [0.1, 0.15) is 17.2 Å². The zero-order valence-corrected chi connectivity index (χ0v) is 35.2. The smallest absolute Gasteiger partial charge is 0.124 e. The van der Waals surface area contributed by atoms with E-state index in [1.165, 1.54) is 0 Å². The molecule has 59 heavy (non-hydrogen) atoms. The largest absolute Gasteiger partial charge is 0.507 e. The van der Waals surface area contributed by atoms with Gasteiger partial charge in [0.25, 0.3) is 0 Å². The lowest BCUT2D eigenvalue weighted by atomic mass is 10.0. The molecule has 330 valence electrons. The molecule has 0 saturated carbocycles. The van der Waals surface area contributed by atoms with Crippen LogP contribution in [0.5, 0.6) is 17.2 Å². The third-order valence-corrected chi connectivity index (χ3v) is 11.1. The maximum atomic E-state index is 11.5. The van der Waals surface area contributed by atoms with E-state index in [1.54, 1.807) is 0 Å². The number of hydrogen-bond donors (Lipinski definition) is 12. The molecule has 0 bridgehead atoms. The topological polar surface area (TPSA) is 228 Å². The number of rotatable bonds is 21. The molecule has 1 aliphatic rings. The van der Waals surface area contributed by atoms with Crippen LogP contribution in [0.4, 0.5) is 0 Å². The molecule has 1 fully saturated rings. The average Bonchev–Trinajstić information content (AvgIpc) is 3.25. The van der Waals surface area contributed by atoms with Gasteiger partial charge in [0.15, 0.2) is 0 Å². The van der Waals surface area contributed by atoms with E-state index in [0.29, 0.717) is 69.0 Å². The number of hydrogen-bond acceptors (Lipinski definition) is 15. The summed E-state index contributed by atoms with van der Waals surface area (Å²) in [4.78, 5) is 7.04. The molecule has 0 aliphatic carbocycles. The molecule has 0 aromatic heterocycles. The molecular formula is C44H70N6O9. The summed E-state index contributed by atoms with van der Waals surface area (Å²) >= 11 is 0. The van der Waals surface area contributed by atoms with Gasteiger partial charge in [-0.15, -0.1) is 0 Å². The van der Waals surface area contributed by atoms with Gasteiger partial charge in [-0.05, 0) is 59.8 Å². The van der Waals surface area contributed by atoms with E-state index >= 15 is 0 Å². The number of nitrogens with zero attached hydrogens (tertiary/aromatic N) is 3. The zero-order chi connectivity index (χ0) is 42.9. The van der Waals surface area contributed by atoms with E-state index in [4.69, 9.17) is 0 Å². The number of aromatic hydroxyl groups is 3. The molecule has 0 atom stereocenters. The lowest BCUT2D eigenvalue weighted by Crippen LogP contribution is -2.36. The van der Waals surface area contributed by atoms with Crippen molar-refractivity contribution in [2.75, 3.05) is 78.9 Å². The number of aliphatic hydroxyl groups is 6. The number of aryl methyl sites for hydroxylation is 3. The molecule has 15 nitrogen and oxygen atoms in total. The number of phenols is 3. The Bertz CT molecular complexity index is 1630. The fraction of sp³-hybridized carbons (Fsp3) is 0.591. The molecule has 3 aromatic rings. The van der Waals surface area contributed by atoms with Gasteiger partial charge in [-0.2, -0.15) is 0 Å². The number of benzene rings is 3. The molecule has 0 radical (unpaired) electrons. The third kappa shape index (κ3) is 14.9. The Morgan fingerprint density at radius 3 is 0.898 bits per heavy atom. The minimum Gasteiger partial charge on any atom is -0.507 e. The van der Waals surface area contributed by atoms with Crippen molar-refractivity contribution in [3.63, 3.8) is 0 Å². The third-order valence-electron chi connectivity index (χ3n) is 11.1. The molecule has 4 rings (SSSR count). The molecular weight excluding hydrogens is 757 g/mol. The van der Waals surface area contributed by atoms with Crippen molar-refractivity contribution in [2.45, 2.75) is 91.0 Å². The SMILES string of the molecule is Cc1cc(CNC(CO)CO)c(O)c(CN2CCCN(Cc3cc(C)cc(CNC(CO)CO)c3O)CCN(Cc3cc(C)cc(CNC(CO)CO)c3O)CCC2)c1. The number of aliphatic hydroxyl groups excluding tert-OH is 6. The maximum Gasteiger partial charge on any atom is 0.124 e. The highest BCUT2D eigenvalue weighted by Crippen LogP contribution is 2.30. The first kappa shape index (κ1) is 48.2. The highest BCUT2D eigenvalue weighted by atomic mass is 16.3. The van der Waals surface area contributed by atoms with Crippen molar-refractivity contribution in [2.24, 2.45) is 0 Å². The summed E-state index contributed by atoms with van der Waals surface area (Å²) in [6.45, 7) is 11.5. The van der Waals surface area contributed by atoms with Crippen LogP contribution in [0.1, 0.15) is 62.9 Å². The summed E-state index contributed by atoms with van der Waals surface area (Å²) < 4.78 is 0. The summed E-state index contributed by atoms with van der Waals surface area (Å²) in [7, 11) is 0. The van der Waals surface area contributed by atoms with E-state index in [9.17, 15) is 46.0 Å². The first-order chi connectivity index (χ1) is 28.4. The minimum atomic E-state index is -0.494. The van der Waals surface area contributed by atoms with Gasteiger partial charge < -0.3 is 61.9 Å². The number of nitrogens with one attached hydrogen (secondary N) is 3. The van der Waals surface area contributed by atoms with Crippen LogP contribution < -0.4 is 16.0 Å². The van der Waals surface area contributed by atoms with Crippen LogP contribution in [-0.4, -0.2) is 158 Å². The van der Waals surface area contributed by atoms with Crippen LogP contribution in [-0.2, 0) is 39.3 Å². The predicted molar refractivity (Wildman–Crippen MR) is 228 cm³/mol. The summed E-state index contributed by atoms with van der Waals surface area (Å²) in [5.74, 6) is 0.570.